The highest BCUT2D eigenvalue weighted by Crippen LogP contribution is 2.19. The molecule has 1 heterocycles. The molecule has 1 unspecified atom stereocenters. The Bertz CT molecular complexity index is 746. The predicted octanol–water partition coefficient (Wildman–Crippen LogP) is 2.12. The van der Waals surface area contributed by atoms with Gasteiger partial charge in [0.1, 0.15) is 0 Å². The Balaban J connectivity index is 1.74. The van der Waals surface area contributed by atoms with E-state index in [0.29, 0.717) is 25.0 Å². The van der Waals surface area contributed by atoms with Gasteiger partial charge in [-0.25, -0.2) is 12.7 Å². The molecule has 0 aliphatic carbocycles. The second-order valence-corrected chi connectivity index (χ2v) is 10.3. The fourth-order valence-electron chi connectivity index (χ4n) is 3.63. The van der Waals surface area contributed by atoms with Crippen LogP contribution in [0.5, 0.6) is 0 Å². The monoisotopic (exact) mass is 437 g/mol. The summed E-state index contributed by atoms with van der Waals surface area (Å²) in [6.45, 7) is 8.89. The molecular weight excluding hydrogens is 398 g/mol. The number of aliphatic imine (C=N–C) groups is 1. The van der Waals surface area contributed by atoms with E-state index in [9.17, 15) is 8.42 Å². The normalized spacial score (nSPS) is 17.8. The van der Waals surface area contributed by atoms with Crippen molar-refractivity contribution in [1.82, 2.24) is 19.8 Å². The molecule has 1 aliphatic rings. The minimum Gasteiger partial charge on any atom is -0.357 e. The standard InChI is InChI=1S/C22H39N5O2S/c1-5-23-22(25-17-20-12-15-27(16-13-20)30(4,28)29)24-14-11-19(2)26(3)18-21-9-7-6-8-10-21/h6-10,19-20H,5,11-18H2,1-4H3,(H2,23,24,25). The molecule has 1 aromatic carbocycles. The Hall–Kier alpha value is -1.64. The fraction of sp³-hybridized carbons (Fsp3) is 0.682. The van der Waals surface area contributed by atoms with Crippen molar-refractivity contribution in [1.29, 1.82) is 0 Å². The van der Waals surface area contributed by atoms with Crippen molar-refractivity contribution in [3.63, 3.8) is 0 Å². The third-order valence-electron chi connectivity index (χ3n) is 5.78. The van der Waals surface area contributed by atoms with E-state index in [4.69, 9.17) is 4.99 Å². The Morgan fingerprint density at radius 1 is 1.23 bits per heavy atom. The van der Waals surface area contributed by atoms with Crippen LogP contribution in [0.4, 0.5) is 0 Å². The Kier molecular flexibility index (Phi) is 10.1. The zero-order chi connectivity index (χ0) is 22.0. The molecule has 0 aromatic heterocycles. The molecular formula is C22H39N5O2S. The summed E-state index contributed by atoms with van der Waals surface area (Å²) in [4.78, 5) is 7.12. The first kappa shape index (κ1) is 24.6. The van der Waals surface area contributed by atoms with Gasteiger partial charge in [0.15, 0.2) is 5.96 Å². The average Bonchev–Trinajstić information content (AvgIpc) is 2.72. The van der Waals surface area contributed by atoms with Crippen LogP contribution >= 0.6 is 0 Å². The lowest BCUT2D eigenvalue weighted by atomic mass is 9.98. The summed E-state index contributed by atoms with van der Waals surface area (Å²) in [5.41, 5.74) is 1.33. The van der Waals surface area contributed by atoms with Gasteiger partial charge in [-0.1, -0.05) is 30.3 Å². The van der Waals surface area contributed by atoms with Crippen molar-refractivity contribution in [3.05, 3.63) is 35.9 Å². The Morgan fingerprint density at radius 3 is 2.50 bits per heavy atom. The first-order valence-corrected chi connectivity index (χ1v) is 12.9. The van der Waals surface area contributed by atoms with Gasteiger partial charge in [-0.05, 0) is 51.6 Å². The quantitative estimate of drug-likeness (QED) is 0.433. The van der Waals surface area contributed by atoms with E-state index in [1.165, 1.54) is 11.8 Å². The molecule has 170 valence electrons. The zero-order valence-corrected chi connectivity index (χ0v) is 19.8. The van der Waals surface area contributed by atoms with Gasteiger partial charge in [-0.3, -0.25) is 9.89 Å². The lowest BCUT2D eigenvalue weighted by Gasteiger charge is -2.29. The highest BCUT2D eigenvalue weighted by Gasteiger charge is 2.24. The Morgan fingerprint density at radius 2 is 1.90 bits per heavy atom. The maximum atomic E-state index is 11.6. The molecule has 0 spiro atoms. The highest BCUT2D eigenvalue weighted by atomic mass is 32.2. The summed E-state index contributed by atoms with van der Waals surface area (Å²) in [5.74, 6) is 1.29. The van der Waals surface area contributed by atoms with E-state index in [1.807, 2.05) is 6.07 Å². The maximum absolute atomic E-state index is 11.6. The summed E-state index contributed by atoms with van der Waals surface area (Å²) in [6.07, 6.45) is 4.06. The molecule has 30 heavy (non-hydrogen) atoms. The van der Waals surface area contributed by atoms with Crippen molar-refractivity contribution >= 4 is 16.0 Å². The topological polar surface area (TPSA) is 77.0 Å². The van der Waals surface area contributed by atoms with Crippen LogP contribution in [-0.2, 0) is 16.6 Å². The van der Waals surface area contributed by atoms with Crippen molar-refractivity contribution in [2.75, 3.05) is 46.0 Å². The lowest BCUT2D eigenvalue weighted by Crippen LogP contribution is -2.41. The van der Waals surface area contributed by atoms with Crippen LogP contribution in [0.15, 0.2) is 35.3 Å². The number of hydrogen-bond donors (Lipinski definition) is 2. The molecule has 8 heteroatoms. The molecule has 7 nitrogen and oxygen atoms in total. The number of piperidine rings is 1. The largest absolute Gasteiger partial charge is 0.357 e. The van der Waals surface area contributed by atoms with Crippen LogP contribution in [0.2, 0.25) is 0 Å². The van der Waals surface area contributed by atoms with Gasteiger partial charge in [-0.2, -0.15) is 0 Å². The van der Waals surface area contributed by atoms with E-state index in [0.717, 1.165) is 51.4 Å². The van der Waals surface area contributed by atoms with E-state index in [-0.39, 0.29) is 0 Å². The average molecular weight is 438 g/mol. The molecule has 1 atom stereocenters. The van der Waals surface area contributed by atoms with Gasteiger partial charge < -0.3 is 10.6 Å². The number of rotatable bonds is 10. The van der Waals surface area contributed by atoms with Crippen LogP contribution < -0.4 is 10.6 Å². The molecule has 1 aromatic rings. The third-order valence-corrected chi connectivity index (χ3v) is 7.08. The van der Waals surface area contributed by atoms with Crippen molar-refractivity contribution < 1.29 is 8.42 Å². The molecule has 2 rings (SSSR count). The smallest absolute Gasteiger partial charge is 0.211 e. The number of benzene rings is 1. The summed E-state index contributed by atoms with van der Waals surface area (Å²) in [5, 5.41) is 6.77. The number of nitrogens with zero attached hydrogens (tertiary/aromatic N) is 3. The summed E-state index contributed by atoms with van der Waals surface area (Å²) in [6, 6.07) is 11.0. The third kappa shape index (κ3) is 8.62. The van der Waals surface area contributed by atoms with Gasteiger partial charge in [-0.15, -0.1) is 0 Å². The molecule has 0 saturated carbocycles. The number of hydrogen-bond acceptors (Lipinski definition) is 4. The molecule has 1 fully saturated rings. The first-order chi connectivity index (χ1) is 14.3. The molecule has 2 N–H and O–H groups in total. The van der Waals surface area contributed by atoms with Gasteiger partial charge in [0.2, 0.25) is 10.0 Å². The minimum absolute atomic E-state index is 0.439. The van der Waals surface area contributed by atoms with E-state index in [2.05, 4.69) is 60.7 Å². The van der Waals surface area contributed by atoms with Crippen LogP contribution in [0, 0.1) is 5.92 Å². The van der Waals surface area contributed by atoms with Crippen LogP contribution in [0.1, 0.15) is 38.7 Å². The fourth-order valence-corrected chi connectivity index (χ4v) is 4.51. The molecule has 0 radical (unpaired) electrons. The summed E-state index contributed by atoms with van der Waals surface area (Å²) in [7, 11) is -0.901. The SMILES string of the molecule is CCNC(=NCC1CCN(S(C)(=O)=O)CC1)NCCC(C)N(C)Cc1ccccc1. The maximum Gasteiger partial charge on any atom is 0.211 e. The highest BCUT2D eigenvalue weighted by molar-refractivity contribution is 7.88. The summed E-state index contributed by atoms with van der Waals surface area (Å²) < 4.78 is 24.9. The molecule has 0 bridgehead atoms. The molecule has 0 amide bonds. The van der Waals surface area contributed by atoms with Gasteiger partial charge in [0.05, 0.1) is 6.26 Å². The van der Waals surface area contributed by atoms with E-state index >= 15 is 0 Å². The van der Waals surface area contributed by atoms with Crippen molar-refractivity contribution in [2.45, 2.75) is 45.7 Å². The number of guanidine groups is 1. The predicted molar refractivity (Wildman–Crippen MR) is 125 cm³/mol. The molecule has 1 saturated heterocycles. The lowest BCUT2D eigenvalue weighted by molar-refractivity contribution is 0.238. The zero-order valence-electron chi connectivity index (χ0n) is 19.0. The number of nitrogens with one attached hydrogen (secondary N) is 2. The van der Waals surface area contributed by atoms with Gasteiger partial charge in [0.25, 0.3) is 0 Å². The summed E-state index contributed by atoms with van der Waals surface area (Å²) >= 11 is 0. The van der Waals surface area contributed by atoms with Crippen LogP contribution in [-0.4, -0.2) is 75.7 Å². The second-order valence-electron chi connectivity index (χ2n) is 8.29. The van der Waals surface area contributed by atoms with Crippen molar-refractivity contribution in [3.8, 4) is 0 Å². The molecule has 1 aliphatic heterocycles. The second kappa shape index (κ2) is 12.3. The van der Waals surface area contributed by atoms with Crippen molar-refractivity contribution in [2.24, 2.45) is 10.9 Å². The van der Waals surface area contributed by atoms with E-state index in [1.54, 1.807) is 4.31 Å². The van der Waals surface area contributed by atoms with Gasteiger partial charge >= 0.3 is 0 Å². The van der Waals surface area contributed by atoms with Crippen LogP contribution in [0.25, 0.3) is 0 Å². The minimum atomic E-state index is -3.07. The van der Waals surface area contributed by atoms with Crippen LogP contribution in [0.3, 0.4) is 0 Å². The van der Waals surface area contributed by atoms with Gasteiger partial charge in [0, 0.05) is 45.3 Å². The first-order valence-electron chi connectivity index (χ1n) is 11.0. The Labute approximate surface area is 183 Å². The number of sulfonamides is 1. The van der Waals surface area contributed by atoms with E-state index < -0.39 is 10.0 Å².